The van der Waals surface area contributed by atoms with Crippen molar-refractivity contribution in [2.24, 2.45) is 17.8 Å². The number of carbonyl (C=O) groups is 1. The Morgan fingerprint density at radius 1 is 1.09 bits per heavy atom. The molecule has 0 heterocycles. The summed E-state index contributed by atoms with van der Waals surface area (Å²) < 4.78 is 0. The van der Waals surface area contributed by atoms with Gasteiger partial charge in [-0.3, -0.25) is 0 Å². The minimum atomic E-state index is -1.48. The number of hydrogen-bond donors (Lipinski definition) is 0. The van der Waals surface area contributed by atoms with Crippen LogP contribution in [0.15, 0.2) is 0 Å². The van der Waals surface area contributed by atoms with Gasteiger partial charge in [0.05, 0.1) is 0 Å². The first-order valence-corrected chi connectivity index (χ1v) is 7.90. The molecule has 0 aromatic carbocycles. The van der Waals surface area contributed by atoms with Crippen LogP contribution in [-0.4, -0.2) is 13.5 Å². The molecule has 2 atom stereocenters. The van der Waals surface area contributed by atoms with Crippen molar-refractivity contribution in [3.63, 3.8) is 0 Å². The summed E-state index contributed by atoms with van der Waals surface area (Å²) in [5.41, 5.74) is 0. The minimum Gasteiger partial charge on any atom is -0.305 e. The zero-order valence-corrected chi connectivity index (χ0v) is 9.14. The summed E-state index contributed by atoms with van der Waals surface area (Å²) in [6.45, 7) is 10.8. The monoisotopic (exact) mass is 170 g/mol. The zero-order valence-electron chi connectivity index (χ0n) is 8.14. The van der Waals surface area contributed by atoms with E-state index in [0.29, 0.717) is 23.2 Å². The second-order valence-corrected chi connectivity index (χ2v) is 9.85. The highest BCUT2D eigenvalue weighted by Crippen LogP contribution is 2.47. The largest absolute Gasteiger partial charge is 0.305 e. The molecule has 0 saturated heterocycles. The lowest BCUT2D eigenvalue weighted by atomic mass is 10.4. The Kier molecular flexibility index (Phi) is 1.99. The van der Waals surface area contributed by atoms with E-state index in [1.54, 1.807) is 0 Å². The van der Waals surface area contributed by atoms with Crippen molar-refractivity contribution in [3.05, 3.63) is 0 Å². The van der Waals surface area contributed by atoms with Gasteiger partial charge in [-0.2, -0.15) is 0 Å². The summed E-state index contributed by atoms with van der Waals surface area (Å²) >= 11 is 0. The van der Waals surface area contributed by atoms with Gasteiger partial charge in [-0.05, 0) is 11.8 Å². The molecule has 0 spiro atoms. The topological polar surface area (TPSA) is 17.1 Å². The van der Waals surface area contributed by atoms with Crippen LogP contribution < -0.4 is 0 Å². The van der Waals surface area contributed by atoms with E-state index in [1.807, 2.05) is 0 Å². The third-order valence-electron chi connectivity index (χ3n) is 2.86. The Labute approximate surface area is 70.2 Å². The normalized spacial score (nSPS) is 37.0. The summed E-state index contributed by atoms with van der Waals surface area (Å²) in [6, 6.07) is 0. The van der Waals surface area contributed by atoms with E-state index in [9.17, 15) is 4.79 Å². The second kappa shape index (κ2) is 2.44. The average molecular weight is 170 g/mol. The molecule has 1 aliphatic rings. The Hall–Kier alpha value is -0.113. The van der Waals surface area contributed by atoms with Crippen molar-refractivity contribution in [3.8, 4) is 0 Å². The smallest absolute Gasteiger partial charge is 0.124 e. The molecule has 11 heavy (non-hydrogen) atoms. The molecule has 0 amide bonds. The Bertz CT molecular complexity index is 172. The molecule has 0 bridgehead atoms. The maximum atomic E-state index is 11.7. The van der Waals surface area contributed by atoms with Gasteiger partial charge < -0.3 is 4.79 Å². The lowest BCUT2D eigenvalue weighted by Crippen LogP contribution is -2.35. The van der Waals surface area contributed by atoms with Crippen molar-refractivity contribution in [2.45, 2.75) is 33.5 Å². The standard InChI is InChI=1S/C9H18OSi/c1-6-7(2)8(6)9(10)11(3,4)5/h6-8H,1-5H3. The van der Waals surface area contributed by atoms with Crippen molar-refractivity contribution in [1.82, 2.24) is 0 Å². The van der Waals surface area contributed by atoms with Crippen LogP contribution in [0.5, 0.6) is 0 Å². The molecule has 0 aliphatic heterocycles. The fraction of sp³-hybridized carbons (Fsp3) is 0.889. The van der Waals surface area contributed by atoms with Crippen LogP contribution in [0.3, 0.4) is 0 Å². The Balaban J connectivity index is 2.59. The SMILES string of the molecule is CC1C(C)C1C(=O)[Si](C)(C)C. The van der Waals surface area contributed by atoms with Gasteiger partial charge >= 0.3 is 0 Å². The molecule has 64 valence electrons. The molecule has 1 saturated carbocycles. The van der Waals surface area contributed by atoms with Crippen molar-refractivity contribution >= 4 is 13.5 Å². The van der Waals surface area contributed by atoms with Crippen LogP contribution in [0.4, 0.5) is 0 Å². The quantitative estimate of drug-likeness (QED) is 0.581. The summed E-state index contributed by atoms with van der Waals surface area (Å²) in [5, 5.41) is 0.581. The van der Waals surface area contributed by atoms with Gasteiger partial charge in [-0.25, -0.2) is 0 Å². The van der Waals surface area contributed by atoms with Crippen molar-refractivity contribution < 1.29 is 4.79 Å². The zero-order chi connectivity index (χ0) is 8.81. The van der Waals surface area contributed by atoms with E-state index >= 15 is 0 Å². The van der Waals surface area contributed by atoms with Gasteiger partial charge in [0.15, 0.2) is 0 Å². The van der Waals surface area contributed by atoms with E-state index in [1.165, 1.54) is 0 Å². The Morgan fingerprint density at radius 2 is 1.45 bits per heavy atom. The van der Waals surface area contributed by atoms with Gasteiger partial charge in [-0.15, -0.1) is 0 Å². The van der Waals surface area contributed by atoms with Gasteiger partial charge in [-0.1, -0.05) is 33.5 Å². The molecule has 2 heteroatoms. The van der Waals surface area contributed by atoms with Crippen molar-refractivity contribution in [1.29, 1.82) is 0 Å². The average Bonchev–Trinajstić information content (AvgIpc) is 2.38. The van der Waals surface area contributed by atoms with Gasteiger partial charge in [0, 0.05) is 5.92 Å². The van der Waals surface area contributed by atoms with E-state index < -0.39 is 8.07 Å². The summed E-state index contributed by atoms with van der Waals surface area (Å²) in [5.74, 6) is 1.74. The van der Waals surface area contributed by atoms with E-state index in [-0.39, 0.29) is 0 Å². The maximum Gasteiger partial charge on any atom is 0.124 e. The van der Waals surface area contributed by atoms with Crippen LogP contribution in [0.25, 0.3) is 0 Å². The predicted molar refractivity (Wildman–Crippen MR) is 50.2 cm³/mol. The van der Waals surface area contributed by atoms with E-state index in [2.05, 4.69) is 33.5 Å². The molecule has 2 unspecified atom stereocenters. The first-order chi connectivity index (χ1) is 4.85. The third-order valence-corrected chi connectivity index (χ3v) is 4.68. The molecule has 0 N–H and O–H groups in total. The minimum absolute atomic E-state index is 0.418. The van der Waals surface area contributed by atoms with Crippen molar-refractivity contribution in [2.75, 3.05) is 0 Å². The highest BCUT2D eigenvalue weighted by atomic mass is 28.3. The summed E-state index contributed by atoms with van der Waals surface area (Å²) in [6.07, 6.45) is 0. The second-order valence-electron chi connectivity index (χ2n) is 4.86. The highest BCUT2D eigenvalue weighted by molar-refractivity contribution is 7.03. The molecule has 0 aromatic heterocycles. The lowest BCUT2D eigenvalue weighted by molar-refractivity contribution is -0.114. The molecule has 0 radical (unpaired) electrons. The van der Waals surface area contributed by atoms with Crippen LogP contribution in [0.1, 0.15) is 13.8 Å². The molecule has 1 rings (SSSR count). The number of hydrogen-bond acceptors (Lipinski definition) is 1. The van der Waals surface area contributed by atoms with Gasteiger partial charge in [0.1, 0.15) is 13.5 Å². The fourth-order valence-corrected chi connectivity index (χ4v) is 3.17. The molecule has 1 nitrogen and oxygen atoms in total. The summed E-state index contributed by atoms with van der Waals surface area (Å²) in [7, 11) is -1.48. The van der Waals surface area contributed by atoms with Crippen LogP contribution >= 0.6 is 0 Å². The summed E-state index contributed by atoms with van der Waals surface area (Å²) in [4.78, 5) is 11.7. The molecular formula is C9H18OSi. The number of rotatable bonds is 2. The first-order valence-electron chi connectivity index (χ1n) is 4.40. The lowest BCUT2D eigenvalue weighted by Gasteiger charge is -2.13. The maximum absolute atomic E-state index is 11.7. The fourth-order valence-electron chi connectivity index (χ4n) is 1.64. The molecule has 0 aromatic rings. The van der Waals surface area contributed by atoms with Gasteiger partial charge in [0.2, 0.25) is 0 Å². The molecular weight excluding hydrogens is 152 g/mol. The third kappa shape index (κ3) is 1.56. The first kappa shape index (κ1) is 8.98. The van der Waals surface area contributed by atoms with Crippen LogP contribution in [0, 0.1) is 17.8 Å². The van der Waals surface area contributed by atoms with Crippen LogP contribution in [-0.2, 0) is 4.79 Å². The molecule has 1 fully saturated rings. The van der Waals surface area contributed by atoms with E-state index in [4.69, 9.17) is 0 Å². The highest BCUT2D eigenvalue weighted by Gasteiger charge is 2.50. The predicted octanol–water partition coefficient (Wildman–Crippen LogP) is 2.33. The Morgan fingerprint density at radius 3 is 1.55 bits per heavy atom. The molecule has 1 aliphatic carbocycles. The van der Waals surface area contributed by atoms with Crippen LogP contribution in [0.2, 0.25) is 19.6 Å². The van der Waals surface area contributed by atoms with E-state index in [0.717, 1.165) is 0 Å². The van der Waals surface area contributed by atoms with Gasteiger partial charge in [0.25, 0.3) is 0 Å². The number of carbonyl (C=O) groups excluding carboxylic acids is 1.